The lowest BCUT2D eigenvalue weighted by molar-refractivity contribution is 0.0926. The van der Waals surface area contributed by atoms with Crippen molar-refractivity contribution in [3.8, 4) is 0 Å². The van der Waals surface area contributed by atoms with Crippen molar-refractivity contribution in [2.75, 3.05) is 31.4 Å². The molecule has 0 unspecified atom stereocenters. The molecule has 0 radical (unpaired) electrons. The third-order valence-electron chi connectivity index (χ3n) is 5.57. The topological polar surface area (TPSA) is 73.4 Å². The van der Waals surface area contributed by atoms with Crippen LogP contribution in [0.15, 0.2) is 24.4 Å². The standard InChI is InChI=1S/C19H26N2S.CH4O3S/c1-3-7-21-11-13(12-22-2)8-16-15-5-4-6-17-19(15)14(10-20-17)9-18(16)21;1-5(2,3)4/h4-6,10,13,16,18,20H,3,7-9,11-12H2,1-2H3;1H3,(H,2,3,4)/t13-,16-,18-;/m0./s1. The van der Waals surface area contributed by atoms with E-state index in [1.54, 1.807) is 5.56 Å². The summed E-state index contributed by atoms with van der Waals surface area (Å²) in [4.78, 5) is 6.29. The van der Waals surface area contributed by atoms with Crippen LogP contribution in [0, 0.1) is 5.92 Å². The molecule has 2 heterocycles. The number of aromatic nitrogens is 1. The highest BCUT2D eigenvalue weighted by atomic mass is 32.2. The number of likely N-dealkylation sites (tertiary alicyclic amines) is 1. The summed E-state index contributed by atoms with van der Waals surface area (Å²) in [5, 5.41) is 1.53. The fraction of sp³-hybridized carbons (Fsp3) is 0.600. The van der Waals surface area contributed by atoms with E-state index in [9.17, 15) is 8.42 Å². The van der Waals surface area contributed by atoms with Gasteiger partial charge in [-0.25, -0.2) is 0 Å². The SMILES string of the molecule is CCCN1C[C@@H](CSC)C[C@H]2c3cccc4[nH]cc(c34)C[C@@H]21.CS(=O)(=O)O. The number of piperidine rings is 1. The average molecular weight is 411 g/mol. The third kappa shape index (κ3) is 4.88. The van der Waals surface area contributed by atoms with Gasteiger partial charge >= 0.3 is 0 Å². The maximum Gasteiger partial charge on any atom is 0.261 e. The fourth-order valence-corrected chi connectivity index (χ4v) is 5.51. The summed E-state index contributed by atoms with van der Waals surface area (Å²) < 4.78 is 25.9. The molecule has 1 fully saturated rings. The Morgan fingerprint density at radius 2 is 2.11 bits per heavy atom. The summed E-state index contributed by atoms with van der Waals surface area (Å²) in [5.74, 6) is 2.88. The van der Waals surface area contributed by atoms with Gasteiger partial charge in [-0.3, -0.25) is 9.45 Å². The number of nitrogens with zero attached hydrogens (tertiary/aromatic N) is 1. The van der Waals surface area contributed by atoms with Crippen LogP contribution in [0.4, 0.5) is 0 Å². The molecule has 150 valence electrons. The van der Waals surface area contributed by atoms with Crippen LogP contribution < -0.4 is 0 Å². The molecule has 4 rings (SSSR count). The summed E-state index contributed by atoms with van der Waals surface area (Å²) in [6.07, 6.45) is 9.08. The van der Waals surface area contributed by atoms with Gasteiger partial charge in [-0.05, 0) is 60.9 Å². The molecule has 1 aliphatic carbocycles. The van der Waals surface area contributed by atoms with Crippen molar-refractivity contribution >= 4 is 32.8 Å². The first kappa shape index (κ1) is 20.7. The molecule has 1 aliphatic heterocycles. The lowest BCUT2D eigenvalue weighted by atomic mass is 9.72. The molecule has 0 amide bonds. The number of hydrogen-bond donors (Lipinski definition) is 2. The van der Waals surface area contributed by atoms with E-state index in [1.807, 2.05) is 11.8 Å². The number of aromatic amines is 1. The van der Waals surface area contributed by atoms with Gasteiger partial charge in [0.2, 0.25) is 0 Å². The Labute approximate surface area is 166 Å². The monoisotopic (exact) mass is 410 g/mol. The van der Waals surface area contributed by atoms with Crippen LogP contribution in [0.1, 0.15) is 36.8 Å². The van der Waals surface area contributed by atoms with Crippen molar-refractivity contribution in [1.29, 1.82) is 0 Å². The maximum atomic E-state index is 9.19. The zero-order valence-electron chi connectivity index (χ0n) is 16.3. The molecule has 3 atom stereocenters. The summed E-state index contributed by atoms with van der Waals surface area (Å²) in [7, 11) is -3.67. The minimum absolute atomic E-state index is 0.715. The van der Waals surface area contributed by atoms with Crippen molar-refractivity contribution in [3.05, 3.63) is 35.5 Å². The largest absolute Gasteiger partial charge is 0.361 e. The molecule has 1 aromatic heterocycles. The van der Waals surface area contributed by atoms with Crippen LogP contribution >= 0.6 is 11.8 Å². The van der Waals surface area contributed by atoms with Gasteiger partial charge in [-0.15, -0.1) is 0 Å². The van der Waals surface area contributed by atoms with Crippen molar-refractivity contribution in [1.82, 2.24) is 9.88 Å². The second-order valence-corrected chi connectivity index (χ2v) is 10.1. The second kappa shape index (κ2) is 8.55. The van der Waals surface area contributed by atoms with Gasteiger partial charge in [0.05, 0.1) is 6.26 Å². The van der Waals surface area contributed by atoms with Crippen LogP contribution in [0.25, 0.3) is 10.9 Å². The Balaban J connectivity index is 0.000000376. The lowest BCUT2D eigenvalue weighted by Crippen LogP contribution is -2.50. The van der Waals surface area contributed by atoms with E-state index in [4.69, 9.17) is 4.55 Å². The van der Waals surface area contributed by atoms with Crippen LogP contribution in [-0.4, -0.2) is 60.3 Å². The number of fused-ring (bicyclic) bond motifs is 2. The molecule has 2 aromatic rings. The Hall–Kier alpha value is -1.02. The molecule has 5 nitrogen and oxygen atoms in total. The second-order valence-electron chi connectivity index (χ2n) is 7.75. The number of nitrogens with one attached hydrogen (secondary N) is 1. The number of hydrogen-bond acceptors (Lipinski definition) is 4. The molecular weight excluding hydrogens is 380 g/mol. The van der Waals surface area contributed by atoms with E-state index in [0.29, 0.717) is 12.3 Å². The van der Waals surface area contributed by atoms with E-state index in [0.717, 1.165) is 11.8 Å². The zero-order chi connectivity index (χ0) is 19.6. The number of rotatable bonds is 4. The maximum absolute atomic E-state index is 9.19. The molecule has 7 heteroatoms. The first-order valence-corrected chi connectivity index (χ1v) is 12.8. The summed E-state index contributed by atoms with van der Waals surface area (Å²) in [6.45, 7) is 4.87. The first-order valence-electron chi connectivity index (χ1n) is 9.56. The van der Waals surface area contributed by atoms with E-state index in [1.165, 1.54) is 54.6 Å². The Kier molecular flexibility index (Phi) is 6.56. The van der Waals surface area contributed by atoms with Crippen molar-refractivity contribution in [2.45, 2.75) is 38.1 Å². The van der Waals surface area contributed by atoms with Gasteiger partial charge in [0.1, 0.15) is 0 Å². The molecule has 1 aromatic carbocycles. The molecule has 0 spiro atoms. The number of benzene rings is 1. The van der Waals surface area contributed by atoms with Gasteiger partial charge < -0.3 is 4.98 Å². The van der Waals surface area contributed by atoms with Gasteiger partial charge in [-0.2, -0.15) is 20.2 Å². The molecule has 2 N–H and O–H groups in total. The van der Waals surface area contributed by atoms with Crippen LogP contribution in [-0.2, 0) is 16.5 Å². The Morgan fingerprint density at radius 1 is 1.37 bits per heavy atom. The van der Waals surface area contributed by atoms with Gasteiger partial charge in [0.25, 0.3) is 10.1 Å². The lowest BCUT2D eigenvalue weighted by Gasteiger charge is -2.47. The van der Waals surface area contributed by atoms with Crippen LogP contribution in [0.2, 0.25) is 0 Å². The quantitative estimate of drug-likeness (QED) is 0.751. The minimum Gasteiger partial charge on any atom is -0.361 e. The summed E-state index contributed by atoms with van der Waals surface area (Å²) in [6, 6.07) is 7.58. The van der Waals surface area contributed by atoms with Gasteiger partial charge in [0, 0.05) is 35.6 Å². The van der Waals surface area contributed by atoms with E-state index in [2.05, 4.69) is 47.5 Å². The molecule has 1 saturated heterocycles. The van der Waals surface area contributed by atoms with E-state index in [-0.39, 0.29) is 0 Å². The van der Waals surface area contributed by atoms with Crippen molar-refractivity contribution in [2.24, 2.45) is 5.92 Å². The Bertz CT molecular complexity index is 870. The smallest absolute Gasteiger partial charge is 0.261 e. The molecule has 0 saturated carbocycles. The highest BCUT2D eigenvalue weighted by Gasteiger charge is 2.40. The zero-order valence-corrected chi connectivity index (χ0v) is 17.9. The van der Waals surface area contributed by atoms with E-state index >= 15 is 0 Å². The number of thioether (sulfide) groups is 1. The third-order valence-corrected chi connectivity index (χ3v) is 6.38. The molecule has 0 bridgehead atoms. The highest BCUT2D eigenvalue weighted by Crippen LogP contribution is 2.45. The van der Waals surface area contributed by atoms with E-state index < -0.39 is 10.1 Å². The summed E-state index contributed by atoms with van der Waals surface area (Å²) >= 11 is 2.01. The normalized spacial score (nSPS) is 25.0. The van der Waals surface area contributed by atoms with Crippen molar-refractivity contribution in [3.63, 3.8) is 0 Å². The molecular formula is C20H30N2O3S2. The predicted octanol–water partition coefficient (Wildman–Crippen LogP) is 3.78. The summed E-state index contributed by atoms with van der Waals surface area (Å²) in [5.41, 5.74) is 4.48. The highest BCUT2D eigenvalue weighted by molar-refractivity contribution is 7.98. The van der Waals surface area contributed by atoms with Crippen molar-refractivity contribution < 1.29 is 13.0 Å². The van der Waals surface area contributed by atoms with Crippen LogP contribution in [0.3, 0.4) is 0 Å². The minimum atomic E-state index is -3.67. The molecule has 2 aliphatic rings. The van der Waals surface area contributed by atoms with Crippen LogP contribution in [0.5, 0.6) is 0 Å². The average Bonchev–Trinajstić information content (AvgIpc) is 3.00. The number of H-pyrrole nitrogens is 1. The molecule has 27 heavy (non-hydrogen) atoms. The Morgan fingerprint density at radius 3 is 2.78 bits per heavy atom. The van der Waals surface area contributed by atoms with Gasteiger partial charge in [0.15, 0.2) is 0 Å². The van der Waals surface area contributed by atoms with Gasteiger partial charge in [-0.1, -0.05) is 19.1 Å². The first-order chi connectivity index (χ1) is 12.8. The predicted molar refractivity (Wildman–Crippen MR) is 114 cm³/mol. The fourth-order valence-electron chi connectivity index (χ4n) is 4.80.